The Morgan fingerprint density at radius 1 is 0.852 bits per heavy atom. The van der Waals surface area contributed by atoms with Crippen LogP contribution in [0.4, 0.5) is 5.69 Å². The number of hydrogen-bond acceptors (Lipinski definition) is 3. The van der Waals surface area contributed by atoms with Crippen molar-refractivity contribution in [3.63, 3.8) is 0 Å². The van der Waals surface area contributed by atoms with Gasteiger partial charge in [-0.2, -0.15) is 0 Å². The summed E-state index contributed by atoms with van der Waals surface area (Å²) in [5.74, 6) is 1.35. The van der Waals surface area contributed by atoms with Crippen molar-refractivity contribution in [2.45, 2.75) is 13.2 Å². The molecule has 140 valence electrons. The van der Waals surface area contributed by atoms with Crippen LogP contribution < -0.4 is 14.8 Å². The first-order valence-corrected chi connectivity index (χ1v) is 9.41. The van der Waals surface area contributed by atoms with Crippen LogP contribution in [0, 0.1) is 0 Å². The molecule has 0 spiro atoms. The lowest BCUT2D eigenvalue weighted by molar-refractivity contribution is 0.281. The highest BCUT2D eigenvalue weighted by molar-refractivity contribution is 6.35. The van der Waals surface area contributed by atoms with E-state index in [9.17, 15) is 0 Å². The zero-order valence-electron chi connectivity index (χ0n) is 14.6. The first kappa shape index (κ1) is 19.7. The summed E-state index contributed by atoms with van der Waals surface area (Å²) < 4.78 is 11.5. The van der Waals surface area contributed by atoms with Gasteiger partial charge in [0.2, 0.25) is 0 Å². The molecule has 0 bridgehead atoms. The Bertz CT molecular complexity index is 911. The second-order valence-corrected chi connectivity index (χ2v) is 7.19. The first-order chi connectivity index (χ1) is 13.0. The van der Waals surface area contributed by atoms with Crippen LogP contribution in [0.15, 0.2) is 60.7 Å². The molecule has 1 N–H and O–H groups in total. The van der Waals surface area contributed by atoms with Gasteiger partial charge in [0.15, 0.2) is 11.5 Å². The van der Waals surface area contributed by atoms with E-state index in [1.807, 2.05) is 54.6 Å². The van der Waals surface area contributed by atoms with Crippen molar-refractivity contribution in [2.24, 2.45) is 0 Å². The van der Waals surface area contributed by atoms with Gasteiger partial charge in [0.25, 0.3) is 0 Å². The third-order valence-electron chi connectivity index (χ3n) is 3.90. The second-order valence-electron chi connectivity index (χ2n) is 5.88. The van der Waals surface area contributed by atoms with Crippen molar-refractivity contribution in [3.8, 4) is 11.5 Å². The SMILES string of the molecule is COc1cccc(CNc2cc(Cl)cc(Cl)c2)c1OCc1cccc(Cl)c1. The summed E-state index contributed by atoms with van der Waals surface area (Å²) in [6, 6.07) is 18.7. The summed E-state index contributed by atoms with van der Waals surface area (Å²) in [4.78, 5) is 0. The van der Waals surface area contributed by atoms with Crippen molar-refractivity contribution in [3.05, 3.63) is 86.9 Å². The molecule has 27 heavy (non-hydrogen) atoms. The van der Waals surface area contributed by atoms with Crippen molar-refractivity contribution in [1.82, 2.24) is 0 Å². The Labute approximate surface area is 173 Å². The molecule has 0 unspecified atom stereocenters. The minimum Gasteiger partial charge on any atom is -0.493 e. The highest BCUT2D eigenvalue weighted by Crippen LogP contribution is 2.33. The number of rotatable bonds is 7. The predicted octanol–water partition coefficient (Wildman–Crippen LogP) is 6.85. The maximum absolute atomic E-state index is 6.06. The molecule has 3 rings (SSSR count). The maximum atomic E-state index is 6.06. The van der Waals surface area contributed by atoms with E-state index in [-0.39, 0.29) is 0 Å². The van der Waals surface area contributed by atoms with E-state index in [4.69, 9.17) is 44.3 Å². The third kappa shape index (κ3) is 5.46. The molecule has 6 heteroatoms. The lowest BCUT2D eigenvalue weighted by Gasteiger charge is -2.16. The number of halogens is 3. The summed E-state index contributed by atoms with van der Waals surface area (Å²) in [6.45, 7) is 0.912. The largest absolute Gasteiger partial charge is 0.493 e. The van der Waals surface area contributed by atoms with Crippen molar-refractivity contribution < 1.29 is 9.47 Å². The lowest BCUT2D eigenvalue weighted by atomic mass is 10.1. The number of hydrogen-bond donors (Lipinski definition) is 1. The van der Waals surface area contributed by atoms with E-state index in [1.165, 1.54) is 0 Å². The van der Waals surface area contributed by atoms with Crippen LogP contribution in [0.25, 0.3) is 0 Å². The maximum Gasteiger partial charge on any atom is 0.166 e. The summed E-state index contributed by atoms with van der Waals surface area (Å²) in [6.07, 6.45) is 0. The summed E-state index contributed by atoms with van der Waals surface area (Å²) in [5, 5.41) is 5.15. The van der Waals surface area contributed by atoms with Gasteiger partial charge in [-0.05, 0) is 42.0 Å². The second kappa shape index (κ2) is 9.23. The molecule has 0 aliphatic rings. The highest BCUT2D eigenvalue weighted by atomic mass is 35.5. The Hall–Kier alpha value is -2.07. The van der Waals surface area contributed by atoms with Gasteiger partial charge in [0.1, 0.15) is 6.61 Å². The normalized spacial score (nSPS) is 10.5. The van der Waals surface area contributed by atoms with Gasteiger partial charge in [0, 0.05) is 32.9 Å². The topological polar surface area (TPSA) is 30.5 Å². The number of anilines is 1. The molecular formula is C21H18Cl3NO2. The van der Waals surface area contributed by atoms with Gasteiger partial charge < -0.3 is 14.8 Å². The quantitative estimate of drug-likeness (QED) is 0.452. The molecule has 3 aromatic carbocycles. The molecule has 0 aliphatic heterocycles. The van der Waals surface area contributed by atoms with E-state index in [0.717, 1.165) is 16.8 Å². The molecule has 0 saturated heterocycles. The standard InChI is InChI=1S/C21H18Cl3NO2/c1-26-20-7-3-5-15(12-25-19-10-17(23)9-18(24)11-19)21(20)27-13-14-4-2-6-16(22)8-14/h2-11,25H,12-13H2,1H3. The van der Waals surface area contributed by atoms with Gasteiger partial charge in [-0.25, -0.2) is 0 Å². The molecule has 3 nitrogen and oxygen atoms in total. The fourth-order valence-corrected chi connectivity index (χ4v) is 3.40. The Morgan fingerprint density at radius 3 is 2.30 bits per heavy atom. The van der Waals surface area contributed by atoms with Crippen LogP contribution >= 0.6 is 34.8 Å². The number of para-hydroxylation sites is 1. The minimum absolute atomic E-state index is 0.386. The van der Waals surface area contributed by atoms with Crippen LogP contribution in [-0.2, 0) is 13.2 Å². The molecular weight excluding hydrogens is 405 g/mol. The van der Waals surface area contributed by atoms with Gasteiger partial charge in [-0.15, -0.1) is 0 Å². The number of benzene rings is 3. The summed E-state index contributed by atoms with van der Waals surface area (Å²) >= 11 is 18.2. The van der Waals surface area contributed by atoms with Crippen molar-refractivity contribution in [1.29, 1.82) is 0 Å². The molecule has 0 aliphatic carbocycles. The zero-order valence-corrected chi connectivity index (χ0v) is 16.9. The van der Waals surface area contributed by atoms with Gasteiger partial charge in [-0.1, -0.05) is 59.1 Å². The van der Waals surface area contributed by atoms with E-state index in [0.29, 0.717) is 39.7 Å². The smallest absolute Gasteiger partial charge is 0.166 e. The fraction of sp³-hybridized carbons (Fsp3) is 0.143. The van der Waals surface area contributed by atoms with E-state index in [1.54, 1.807) is 13.2 Å². The average molecular weight is 423 g/mol. The van der Waals surface area contributed by atoms with Gasteiger partial charge in [-0.3, -0.25) is 0 Å². The zero-order chi connectivity index (χ0) is 19.2. The van der Waals surface area contributed by atoms with Crippen LogP contribution in [-0.4, -0.2) is 7.11 Å². The van der Waals surface area contributed by atoms with E-state index < -0.39 is 0 Å². The Morgan fingerprint density at radius 2 is 1.59 bits per heavy atom. The van der Waals surface area contributed by atoms with E-state index in [2.05, 4.69) is 5.32 Å². The third-order valence-corrected chi connectivity index (χ3v) is 4.57. The molecule has 0 saturated carbocycles. The number of nitrogens with one attached hydrogen (secondary N) is 1. The first-order valence-electron chi connectivity index (χ1n) is 8.28. The lowest BCUT2D eigenvalue weighted by Crippen LogP contribution is -2.05. The number of methoxy groups -OCH3 is 1. The highest BCUT2D eigenvalue weighted by Gasteiger charge is 2.11. The molecule has 0 amide bonds. The van der Waals surface area contributed by atoms with E-state index >= 15 is 0 Å². The Kier molecular flexibility index (Phi) is 6.73. The molecule has 0 heterocycles. The fourth-order valence-electron chi connectivity index (χ4n) is 2.66. The van der Waals surface area contributed by atoms with Crippen LogP contribution in [0.5, 0.6) is 11.5 Å². The monoisotopic (exact) mass is 421 g/mol. The van der Waals surface area contributed by atoms with Gasteiger partial charge in [0.05, 0.1) is 7.11 Å². The van der Waals surface area contributed by atoms with Crippen LogP contribution in [0.2, 0.25) is 15.1 Å². The van der Waals surface area contributed by atoms with Crippen molar-refractivity contribution in [2.75, 3.05) is 12.4 Å². The minimum atomic E-state index is 0.386. The molecule has 3 aromatic rings. The summed E-state index contributed by atoms with van der Waals surface area (Å²) in [7, 11) is 1.62. The molecule has 0 fully saturated rings. The van der Waals surface area contributed by atoms with Crippen molar-refractivity contribution >= 4 is 40.5 Å². The van der Waals surface area contributed by atoms with Gasteiger partial charge >= 0.3 is 0 Å². The van der Waals surface area contributed by atoms with Crippen LogP contribution in [0.3, 0.4) is 0 Å². The Balaban J connectivity index is 1.78. The summed E-state index contributed by atoms with van der Waals surface area (Å²) in [5.41, 5.74) is 2.76. The molecule has 0 radical (unpaired) electrons. The van der Waals surface area contributed by atoms with Crippen LogP contribution in [0.1, 0.15) is 11.1 Å². The average Bonchev–Trinajstić information content (AvgIpc) is 2.64. The molecule has 0 aromatic heterocycles. The number of ether oxygens (including phenoxy) is 2. The predicted molar refractivity (Wildman–Crippen MR) is 113 cm³/mol. The molecule has 0 atom stereocenters.